The van der Waals surface area contributed by atoms with E-state index < -0.39 is 22.8 Å². The molecule has 23 heavy (non-hydrogen) atoms. The highest BCUT2D eigenvalue weighted by Crippen LogP contribution is 2.50. The minimum Gasteiger partial charge on any atom is -0.457 e. The van der Waals surface area contributed by atoms with Crippen molar-refractivity contribution >= 4 is 17.3 Å². The zero-order valence-electron chi connectivity index (χ0n) is 14.0. The molecule has 2 aliphatic rings. The van der Waals surface area contributed by atoms with Gasteiger partial charge in [-0.2, -0.15) is 0 Å². The lowest BCUT2D eigenvalue weighted by atomic mass is 9.84. The fourth-order valence-electron chi connectivity index (χ4n) is 3.23. The third kappa shape index (κ3) is 2.61. The summed E-state index contributed by atoms with van der Waals surface area (Å²) in [5, 5.41) is 0. The van der Waals surface area contributed by atoms with Crippen LogP contribution in [0.2, 0.25) is 0 Å². The lowest BCUT2D eigenvalue weighted by molar-refractivity contribution is -0.192. The summed E-state index contributed by atoms with van der Waals surface area (Å²) < 4.78 is 11.6. The van der Waals surface area contributed by atoms with Gasteiger partial charge >= 0.3 is 5.97 Å². The van der Waals surface area contributed by atoms with Crippen molar-refractivity contribution in [1.29, 1.82) is 0 Å². The monoisotopic (exact) mass is 314 g/mol. The Balaban J connectivity index is 2.12. The number of ketones is 1. The summed E-state index contributed by atoms with van der Waals surface area (Å²) in [7, 11) is 0. The van der Waals surface area contributed by atoms with Crippen molar-refractivity contribution < 1.29 is 19.1 Å². The molecule has 1 saturated heterocycles. The Morgan fingerprint density at radius 2 is 1.87 bits per heavy atom. The van der Waals surface area contributed by atoms with E-state index in [1.807, 2.05) is 43.3 Å². The summed E-state index contributed by atoms with van der Waals surface area (Å²) in [5.74, 6) is -0.842. The van der Waals surface area contributed by atoms with Gasteiger partial charge in [0.25, 0.3) is 0 Å². The average Bonchev–Trinajstić information content (AvgIpc) is 2.74. The zero-order valence-corrected chi connectivity index (χ0v) is 14.0. The van der Waals surface area contributed by atoms with Gasteiger partial charge in [-0.05, 0) is 45.8 Å². The Bertz CT molecular complexity index is 683. The lowest BCUT2D eigenvalue weighted by Crippen LogP contribution is -2.55. The Morgan fingerprint density at radius 3 is 2.48 bits per heavy atom. The molecule has 1 fully saturated rings. The molecule has 1 aromatic carbocycles. The van der Waals surface area contributed by atoms with E-state index in [1.54, 1.807) is 20.8 Å². The Hall–Kier alpha value is -1.94. The van der Waals surface area contributed by atoms with Crippen LogP contribution in [0.15, 0.2) is 36.4 Å². The second-order valence-corrected chi connectivity index (χ2v) is 7.45. The predicted octanol–water partition coefficient (Wildman–Crippen LogP) is 3.30. The van der Waals surface area contributed by atoms with Gasteiger partial charge in [-0.15, -0.1) is 0 Å². The first kappa shape index (κ1) is 15.9. The van der Waals surface area contributed by atoms with Crippen LogP contribution in [-0.2, 0) is 19.1 Å². The Labute approximate surface area is 136 Å². The highest BCUT2D eigenvalue weighted by molar-refractivity contribution is 6.20. The molecule has 0 N–H and O–H groups in total. The van der Waals surface area contributed by atoms with Crippen LogP contribution in [0.25, 0.3) is 5.57 Å². The molecule has 3 rings (SSSR count). The Kier molecular flexibility index (Phi) is 3.49. The first-order valence-electron chi connectivity index (χ1n) is 7.92. The van der Waals surface area contributed by atoms with Crippen molar-refractivity contribution in [3.63, 3.8) is 0 Å². The van der Waals surface area contributed by atoms with Gasteiger partial charge in [0.05, 0.1) is 5.60 Å². The fraction of sp³-hybridized carbons (Fsp3) is 0.474. The molecular weight excluding hydrogens is 292 g/mol. The van der Waals surface area contributed by atoms with Crippen LogP contribution in [0.1, 0.15) is 46.1 Å². The van der Waals surface area contributed by atoms with E-state index in [1.165, 1.54) is 0 Å². The quantitative estimate of drug-likeness (QED) is 0.621. The second-order valence-electron chi connectivity index (χ2n) is 7.45. The van der Waals surface area contributed by atoms with Gasteiger partial charge in [0.2, 0.25) is 5.60 Å². The number of hydrogen-bond acceptors (Lipinski definition) is 4. The van der Waals surface area contributed by atoms with E-state index in [9.17, 15) is 9.59 Å². The minimum atomic E-state index is -1.64. The molecule has 2 aliphatic heterocycles. The van der Waals surface area contributed by atoms with Crippen molar-refractivity contribution in [1.82, 2.24) is 0 Å². The molecule has 0 radical (unpaired) electrons. The van der Waals surface area contributed by atoms with E-state index in [2.05, 4.69) is 0 Å². The molecule has 0 amide bonds. The van der Waals surface area contributed by atoms with Gasteiger partial charge in [0, 0.05) is 12.0 Å². The number of fused-ring (bicyclic) bond motifs is 2. The summed E-state index contributed by atoms with van der Waals surface area (Å²) in [6.45, 7) is 7.27. The molecule has 0 spiro atoms. The Morgan fingerprint density at radius 1 is 1.22 bits per heavy atom. The second kappa shape index (κ2) is 5.03. The van der Waals surface area contributed by atoms with Crippen LogP contribution in [0.5, 0.6) is 0 Å². The SMILES string of the molecule is CC(C)(C)OC(=O)[C@@]12O[C@@](C)(C=C1c1ccccc1)CCC2=O. The lowest BCUT2D eigenvalue weighted by Gasteiger charge is -2.38. The van der Waals surface area contributed by atoms with Gasteiger partial charge in [0.1, 0.15) is 5.60 Å². The van der Waals surface area contributed by atoms with Crippen LogP contribution in [0, 0.1) is 0 Å². The highest BCUT2D eigenvalue weighted by atomic mass is 16.6. The topological polar surface area (TPSA) is 52.6 Å². The molecule has 4 heteroatoms. The minimum absolute atomic E-state index is 0.225. The van der Waals surface area contributed by atoms with Crippen LogP contribution in [0.3, 0.4) is 0 Å². The fourth-order valence-corrected chi connectivity index (χ4v) is 3.23. The molecule has 0 aromatic heterocycles. The molecule has 1 aromatic rings. The van der Waals surface area contributed by atoms with E-state index in [-0.39, 0.29) is 5.78 Å². The number of carbonyl (C=O) groups excluding carboxylic acids is 2. The van der Waals surface area contributed by atoms with Gasteiger partial charge < -0.3 is 9.47 Å². The maximum Gasteiger partial charge on any atom is 0.351 e. The van der Waals surface area contributed by atoms with Crippen molar-refractivity contribution in [2.24, 2.45) is 0 Å². The first-order chi connectivity index (χ1) is 10.7. The molecule has 2 heterocycles. The molecule has 0 aliphatic carbocycles. The summed E-state index contributed by atoms with van der Waals surface area (Å²) >= 11 is 0. The zero-order chi connectivity index (χ0) is 16.9. The smallest absolute Gasteiger partial charge is 0.351 e. The number of esters is 1. The average molecular weight is 314 g/mol. The van der Waals surface area contributed by atoms with Crippen LogP contribution in [0.4, 0.5) is 0 Å². The first-order valence-corrected chi connectivity index (χ1v) is 7.92. The van der Waals surface area contributed by atoms with Gasteiger partial charge in [0.15, 0.2) is 5.78 Å². The van der Waals surface area contributed by atoms with Crippen LogP contribution < -0.4 is 0 Å². The van der Waals surface area contributed by atoms with Crippen LogP contribution in [-0.4, -0.2) is 28.6 Å². The maximum absolute atomic E-state index is 12.9. The summed E-state index contributed by atoms with van der Waals surface area (Å²) in [6.07, 6.45) is 2.80. The van der Waals surface area contributed by atoms with Crippen molar-refractivity contribution in [2.45, 2.75) is 57.3 Å². The third-order valence-corrected chi connectivity index (χ3v) is 4.23. The van der Waals surface area contributed by atoms with Crippen LogP contribution >= 0.6 is 0 Å². The third-order valence-electron chi connectivity index (χ3n) is 4.23. The molecule has 2 atom stereocenters. The van der Waals surface area contributed by atoms with E-state index in [0.717, 1.165) is 5.56 Å². The number of Topliss-reactive ketones (excluding diaryl/α,β-unsaturated/α-hetero) is 1. The van der Waals surface area contributed by atoms with Gasteiger partial charge in [-0.1, -0.05) is 30.3 Å². The maximum atomic E-state index is 12.9. The van der Waals surface area contributed by atoms with Crippen molar-refractivity contribution in [3.8, 4) is 0 Å². The van der Waals surface area contributed by atoms with Crippen molar-refractivity contribution in [3.05, 3.63) is 42.0 Å². The molecule has 0 unspecified atom stereocenters. The molecule has 2 bridgehead atoms. The molecular formula is C19H22O4. The van der Waals surface area contributed by atoms with Gasteiger partial charge in [-0.3, -0.25) is 4.79 Å². The highest BCUT2D eigenvalue weighted by Gasteiger charge is 2.62. The molecule has 122 valence electrons. The van der Waals surface area contributed by atoms with Gasteiger partial charge in [-0.25, -0.2) is 4.79 Å². The summed E-state index contributed by atoms with van der Waals surface area (Å²) in [4.78, 5) is 25.7. The molecule has 0 saturated carbocycles. The standard InChI is InChI=1S/C19H22O4/c1-17(2,3)22-16(21)19-14(13-8-6-5-7-9-13)12-18(4,23-19)11-10-15(19)20/h5-9,12H,10-11H2,1-4H3/t18-,19-/m1/s1. The number of rotatable bonds is 2. The summed E-state index contributed by atoms with van der Waals surface area (Å²) in [6, 6.07) is 9.44. The normalized spacial score (nSPS) is 30.1. The predicted molar refractivity (Wildman–Crippen MR) is 86.7 cm³/mol. The number of ether oxygens (including phenoxy) is 2. The van der Waals surface area contributed by atoms with E-state index in [4.69, 9.17) is 9.47 Å². The molecule has 4 nitrogen and oxygen atoms in total. The van der Waals surface area contributed by atoms with E-state index >= 15 is 0 Å². The van der Waals surface area contributed by atoms with E-state index in [0.29, 0.717) is 18.4 Å². The number of benzene rings is 1. The number of hydrogen-bond donors (Lipinski definition) is 0. The summed E-state index contributed by atoms with van der Waals surface area (Å²) in [5.41, 5.74) is -1.51. The van der Waals surface area contributed by atoms with Crippen molar-refractivity contribution in [2.75, 3.05) is 0 Å². The number of carbonyl (C=O) groups is 2. The largest absolute Gasteiger partial charge is 0.457 e.